The molecular weight excluding hydrogens is 314 g/mol. The number of fused-ring (bicyclic) bond motifs is 3. The van der Waals surface area contributed by atoms with Gasteiger partial charge in [-0.1, -0.05) is 0 Å². The van der Waals surface area contributed by atoms with E-state index in [0.29, 0.717) is 31.7 Å². The fraction of sp³-hybridized carbons (Fsp3) is 0.500. The van der Waals surface area contributed by atoms with Gasteiger partial charge in [-0.05, 0) is 37.8 Å². The number of benzene rings is 1. The van der Waals surface area contributed by atoms with Gasteiger partial charge in [-0.25, -0.2) is 8.78 Å². The highest BCUT2D eigenvalue weighted by atomic mass is 19.2. The maximum absolute atomic E-state index is 13.6. The van der Waals surface area contributed by atoms with Crippen LogP contribution < -0.4 is 0 Å². The molecule has 1 fully saturated rings. The zero-order valence-electron chi connectivity index (χ0n) is 13.6. The Balaban J connectivity index is 1.62. The Morgan fingerprint density at radius 1 is 1.17 bits per heavy atom. The summed E-state index contributed by atoms with van der Waals surface area (Å²) < 4.78 is 38.2. The summed E-state index contributed by atoms with van der Waals surface area (Å²) in [7, 11) is 0. The van der Waals surface area contributed by atoms with Crippen LogP contribution in [0.3, 0.4) is 0 Å². The number of hydrogen-bond acceptors (Lipinski definition) is 3. The van der Waals surface area contributed by atoms with Crippen molar-refractivity contribution in [3.05, 3.63) is 35.0 Å². The maximum atomic E-state index is 13.6. The third-order valence-electron chi connectivity index (χ3n) is 4.84. The SMILES string of the molecule is CC1(CCN=C2CCCc3c2[nH]c2cc(F)c(F)cc32)OCCO1. The number of aromatic amines is 1. The minimum Gasteiger partial charge on any atom is -0.353 e. The van der Waals surface area contributed by atoms with Gasteiger partial charge < -0.3 is 14.5 Å². The van der Waals surface area contributed by atoms with Gasteiger partial charge in [0.05, 0.1) is 24.6 Å². The summed E-state index contributed by atoms with van der Waals surface area (Å²) in [5.74, 6) is -2.19. The standard InChI is InChI=1S/C18H20F2N2O2/c1-18(23-7-8-24-18)5-6-21-15-4-2-3-11-12-9-13(19)14(20)10-16(12)22-17(11)15/h9-10,22H,2-8H2,1H3. The van der Waals surface area contributed by atoms with Crippen LogP contribution in [-0.2, 0) is 15.9 Å². The molecule has 1 aromatic carbocycles. The molecule has 4 rings (SSSR count). The Hall–Kier alpha value is -1.79. The van der Waals surface area contributed by atoms with E-state index in [1.165, 1.54) is 12.1 Å². The molecule has 2 aromatic rings. The van der Waals surface area contributed by atoms with Gasteiger partial charge in [0.25, 0.3) is 0 Å². The predicted octanol–water partition coefficient (Wildman–Crippen LogP) is 3.72. The van der Waals surface area contributed by atoms with Crippen molar-refractivity contribution < 1.29 is 18.3 Å². The van der Waals surface area contributed by atoms with Gasteiger partial charge in [-0.15, -0.1) is 0 Å². The first kappa shape index (κ1) is 15.7. The van der Waals surface area contributed by atoms with Crippen molar-refractivity contribution >= 4 is 16.6 Å². The zero-order valence-corrected chi connectivity index (χ0v) is 13.6. The highest BCUT2D eigenvalue weighted by molar-refractivity contribution is 6.06. The van der Waals surface area contributed by atoms with Crippen LogP contribution in [0.25, 0.3) is 10.9 Å². The molecule has 2 aliphatic rings. The number of aryl methyl sites for hydroxylation is 1. The molecule has 0 atom stereocenters. The first-order chi connectivity index (χ1) is 11.6. The molecular formula is C18H20F2N2O2. The van der Waals surface area contributed by atoms with Crippen molar-refractivity contribution in [3.63, 3.8) is 0 Å². The second kappa shape index (κ2) is 5.93. The number of hydrogen-bond donors (Lipinski definition) is 1. The van der Waals surface area contributed by atoms with Crippen molar-refractivity contribution in [2.24, 2.45) is 4.99 Å². The fourth-order valence-electron chi connectivity index (χ4n) is 3.56. The van der Waals surface area contributed by atoms with Crippen LogP contribution in [0.1, 0.15) is 37.4 Å². The number of ether oxygens (including phenoxy) is 2. The summed E-state index contributed by atoms with van der Waals surface area (Å²) in [6.07, 6.45) is 3.37. The molecule has 0 amide bonds. The van der Waals surface area contributed by atoms with Gasteiger partial charge in [0.15, 0.2) is 17.4 Å². The average Bonchev–Trinajstić information content (AvgIpc) is 3.13. The molecule has 0 saturated carbocycles. The third-order valence-corrected chi connectivity index (χ3v) is 4.84. The van der Waals surface area contributed by atoms with Gasteiger partial charge in [-0.2, -0.15) is 0 Å². The minimum absolute atomic E-state index is 0.547. The molecule has 1 N–H and O–H groups in total. The molecule has 0 unspecified atom stereocenters. The number of nitrogens with one attached hydrogen (secondary N) is 1. The zero-order chi connectivity index (χ0) is 16.7. The molecule has 6 heteroatoms. The molecule has 1 aliphatic heterocycles. The second-order valence-corrected chi connectivity index (χ2v) is 6.55. The molecule has 1 saturated heterocycles. The highest BCUT2D eigenvalue weighted by Gasteiger charge is 2.30. The van der Waals surface area contributed by atoms with E-state index in [1.807, 2.05) is 6.92 Å². The van der Waals surface area contributed by atoms with E-state index in [-0.39, 0.29) is 0 Å². The lowest BCUT2D eigenvalue weighted by molar-refractivity contribution is -0.144. The van der Waals surface area contributed by atoms with Crippen LogP contribution in [0, 0.1) is 11.6 Å². The Morgan fingerprint density at radius 3 is 2.71 bits per heavy atom. The van der Waals surface area contributed by atoms with Gasteiger partial charge >= 0.3 is 0 Å². The number of H-pyrrole nitrogens is 1. The molecule has 0 radical (unpaired) electrons. The first-order valence-corrected chi connectivity index (χ1v) is 8.37. The summed E-state index contributed by atoms with van der Waals surface area (Å²) in [6, 6.07) is 2.51. The predicted molar refractivity (Wildman–Crippen MR) is 87.5 cm³/mol. The Morgan fingerprint density at radius 2 is 1.92 bits per heavy atom. The smallest absolute Gasteiger partial charge is 0.167 e. The summed E-state index contributed by atoms with van der Waals surface area (Å²) in [5.41, 5.74) is 3.55. The Bertz CT molecular complexity index is 807. The lowest BCUT2D eigenvalue weighted by Crippen LogP contribution is -2.26. The minimum atomic E-state index is -0.831. The number of halogens is 2. The topological polar surface area (TPSA) is 46.6 Å². The second-order valence-electron chi connectivity index (χ2n) is 6.55. The molecule has 1 aliphatic carbocycles. The molecule has 0 spiro atoms. The molecule has 2 heterocycles. The number of rotatable bonds is 3. The molecule has 4 nitrogen and oxygen atoms in total. The normalized spacial score (nSPS) is 21.5. The Labute approximate surface area is 138 Å². The van der Waals surface area contributed by atoms with Gasteiger partial charge in [0.1, 0.15) is 0 Å². The van der Waals surface area contributed by atoms with Crippen LogP contribution in [0.5, 0.6) is 0 Å². The van der Waals surface area contributed by atoms with Crippen LogP contribution in [0.2, 0.25) is 0 Å². The molecule has 128 valence electrons. The van der Waals surface area contributed by atoms with Crippen LogP contribution in [0.15, 0.2) is 17.1 Å². The highest BCUT2D eigenvalue weighted by Crippen LogP contribution is 2.31. The maximum Gasteiger partial charge on any atom is 0.167 e. The lowest BCUT2D eigenvalue weighted by Gasteiger charge is -2.21. The van der Waals surface area contributed by atoms with E-state index in [4.69, 9.17) is 14.5 Å². The summed E-state index contributed by atoms with van der Waals surface area (Å²) in [6.45, 7) is 3.77. The van der Waals surface area contributed by atoms with Gasteiger partial charge in [0, 0.05) is 29.9 Å². The van der Waals surface area contributed by atoms with Gasteiger partial charge in [-0.3, -0.25) is 4.99 Å². The van der Waals surface area contributed by atoms with Crippen molar-refractivity contribution in [3.8, 4) is 0 Å². The van der Waals surface area contributed by atoms with Crippen molar-refractivity contribution in [2.45, 2.75) is 38.4 Å². The van der Waals surface area contributed by atoms with Gasteiger partial charge in [0.2, 0.25) is 0 Å². The summed E-state index contributed by atoms with van der Waals surface area (Å²) in [4.78, 5) is 7.93. The van der Waals surface area contributed by atoms with Crippen molar-refractivity contribution in [2.75, 3.05) is 19.8 Å². The summed E-state index contributed by atoms with van der Waals surface area (Å²) >= 11 is 0. The van der Waals surface area contributed by atoms with E-state index in [9.17, 15) is 8.78 Å². The van der Waals surface area contributed by atoms with Crippen LogP contribution in [-0.4, -0.2) is 36.2 Å². The van der Waals surface area contributed by atoms with Crippen LogP contribution >= 0.6 is 0 Å². The Kier molecular flexibility index (Phi) is 3.89. The van der Waals surface area contributed by atoms with Crippen molar-refractivity contribution in [1.82, 2.24) is 4.98 Å². The monoisotopic (exact) mass is 334 g/mol. The first-order valence-electron chi connectivity index (χ1n) is 8.37. The van der Waals surface area contributed by atoms with E-state index < -0.39 is 17.4 Å². The molecule has 1 aromatic heterocycles. The summed E-state index contributed by atoms with van der Waals surface area (Å²) in [5, 5.41) is 0.755. The van der Waals surface area contributed by atoms with Crippen LogP contribution in [0.4, 0.5) is 8.78 Å². The van der Waals surface area contributed by atoms with E-state index in [0.717, 1.165) is 41.6 Å². The third kappa shape index (κ3) is 2.74. The quantitative estimate of drug-likeness (QED) is 0.930. The molecule has 0 bridgehead atoms. The number of nitrogens with zero attached hydrogens (tertiary/aromatic N) is 1. The number of aliphatic imine (C=N–C) groups is 1. The average molecular weight is 334 g/mol. The number of aromatic nitrogens is 1. The van der Waals surface area contributed by atoms with E-state index in [2.05, 4.69) is 4.98 Å². The van der Waals surface area contributed by atoms with E-state index in [1.54, 1.807) is 0 Å². The largest absolute Gasteiger partial charge is 0.353 e. The van der Waals surface area contributed by atoms with Crippen molar-refractivity contribution in [1.29, 1.82) is 0 Å². The lowest BCUT2D eigenvalue weighted by atomic mass is 9.94. The molecule has 24 heavy (non-hydrogen) atoms. The van der Waals surface area contributed by atoms with E-state index >= 15 is 0 Å². The fourth-order valence-corrected chi connectivity index (χ4v) is 3.56.